The predicted molar refractivity (Wildman–Crippen MR) is 105 cm³/mol. The molecule has 0 spiro atoms. The molecule has 0 radical (unpaired) electrons. The molecule has 2 rings (SSSR count). The Hall–Kier alpha value is -2.40. The van der Waals surface area contributed by atoms with E-state index in [9.17, 15) is 8.42 Å². The Kier molecular flexibility index (Phi) is 7.80. The fourth-order valence-electron chi connectivity index (χ4n) is 2.53. The maximum absolute atomic E-state index is 12.4. The quantitative estimate of drug-likeness (QED) is 0.634. The van der Waals surface area contributed by atoms with Crippen LogP contribution in [0, 0.1) is 11.3 Å². The average molecular weight is 388 g/mol. The van der Waals surface area contributed by atoms with Crippen LogP contribution in [0.3, 0.4) is 0 Å². The molecule has 0 aromatic heterocycles. The smallest absolute Gasteiger partial charge is 0.242 e. The van der Waals surface area contributed by atoms with Crippen molar-refractivity contribution < 1.29 is 13.2 Å². The van der Waals surface area contributed by atoms with Crippen molar-refractivity contribution in [1.82, 2.24) is 9.62 Å². The number of benzene rings is 2. The second-order valence-corrected chi connectivity index (χ2v) is 8.38. The van der Waals surface area contributed by atoms with Crippen LogP contribution in [0.2, 0.25) is 0 Å². The Morgan fingerprint density at radius 3 is 2.63 bits per heavy atom. The second-order valence-electron chi connectivity index (χ2n) is 6.26. The van der Waals surface area contributed by atoms with Crippen LogP contribution in [0.5, 0.6) is 5.75 Å². The van der Waals surface area contributed by atoms with Crippen LogP contribution < -0.4 is 10.1 Å². The van der Waals surface area contributed by atoms with Gasteiger partial charge in [-0.2, -0.15) is 5.26 Å². The molecule has 1 N–H and O–H groups in total. The largest absolute Gasteiger partial charge is 0.494 e. The summed E-state index contributed by atoms with van der Waals surface area (Å²) in [5.74, 6) is 0.767. The summed E-state index contributed by atoms with van der Waals surface area (Å²) in [6.45, 7) is 1.54. The molecular weight excluding hydrogens is 362 g/mol. The standard InChI is InChI=1S/C20H25N3O3S/c1-23(2)27(24,25)20-11-4-3-9-18(20)16-22-15-17-8-7-10-19(14-17)26-13-6-5-12-21/h3-4,7-11,14,22H,5-6,13,15-16H2,1-2H3. The molecule has 0 atom stereocenters. The summed E-state index contributed by atoms with van der Waals surface area (Å²) in [7, 11) is -0.415. The van der Waals surface area contributed by atoms with Gasteiger partial charge in [0.05, 0.1) is 17.6 Å². The summed E-state index contributed by atoms with van der Waals surface area (Å²) >= 11 is 0. The van der Waals surface area contributed by atoms with Crippen molar-refractivity contribution in [2.75, 3.05) is 20.7 Å². The molecule has 7 heteroatoms. The summed E-state index contributed by atoms with van der Waals surface area (Å²) in [5, 5.41) is 11.8. The Balaban J connectivity index is 1.97. The molecule has 0 saturated carbocycles. The topological polar surface area (TPSA) is 82.4 Å². The van der Waals surface area contributed by atoms with Crippen LogP contribution in [0.15, 0.2) is 53.4 Å². The van der Waals surface area contributed by atoms with E-state index in [1.807, 2.05) is 36.4 Å². The van der Waals surface area contributed by atoms with Crippen molar-refractivity contribution in [2.24, 2.45) is 0 Å². The van der Waals surface area contributed by atoms with E-state index < -0.39 is 10.0 Å². The van der Waals surface area contributed by atoms with Crippen LogP contribution in [0.4, 0.5) is 0 Å². The molecule has 144 valence electrons. The molecule has 0 aliphatic heterocycles. The van der Waals surface area contributed by atoms with E-state index in [1.54, 1.807) is 12.1 Å². The molecular formula is C20H25N3O3S. The van der Waals surface area contributed by atoms with Gasteiger partial charge in [0.25, 0.3) is 0 Å². The van der Waals surface area contributed by atoms with Crippen LogP contribution in [-0.2, 0) is 23.1 Å². The van der Waals surface area contributed by atoms with E-state index in [0.29, 0.717) is 37.4 Å². The van der Waals surface area contributed by atoms with E-state index in [4.69, 9.17) is 10.00 Å². The van der Waals surface area contributed by atoms with E-state index in [-0.39, 0.29) is 0 Å². The van der Waals surface area contributed by atoms with Gasteiger partial charge < -0.3 is 10.1 Å². The summed E-state index contributed by atoms with van der Waals surface area (Å²) in [4.78, 5) is 0.317. The number of sulfonamides is 1. The van der Waals surface area contributed by atoms with Crippen molar-refractivity contribution in [3.8, 4) is 11.8 Å². The van der Waals surface area contributed by atoms with Crippen molar-refractivity contribution >= 4 is 10.0 Å². The number of ether oxygens (including phenoxy) is 1. The highest BCUT2D eigenvalue weighted by molar-refractivity contribution is 7.89. The van der Waals surface area contributed by atoms with Gasteiger partial charge in [-0.1, -0.05) is 30.3 Å². The molecule has 0 saturated heterocycles. The molecule has 0 bridgehead atoms. The summed E-state index contributed by atoms with van der Waals surface area (Å²) in [5.41, 5.74) is 1.77. The third kappa shape index (κ3) is 6.07. The van der Waals surface area contributed by atoms with E-state index in [2.05, 4.69) is 11.4 Å². The maximum Gasteiger partial charge on any atom is 0.242 e. The summed E-state index contributed by atoms with van der Waals surface area (Å²) in [6.07, 6.45) is 1.19. The first-order chi connectivity index (χ1) is 12.9. The highest BCUT2D eigenvalue weighted by Gasteiger charge is 2.20. The Bertz CT molecular complexity index is 889. The minimum atomic E-state index is -3.47. The first-order valence-electron chi connectivity index (χ1n) is 8.75. The molecule has 0 unspecified atom stereocenters. The molecule has 2 aromatic rings. The fourth-order valence-corrected chi connectivity index (χ4v) is 3.64. The monoisotopic (exact) mass is 387 g/mol. The highest BCUT2D eigenvalue weighted by Crippen LogP contribution is 2.19. The SMILES string of the molecule is CN(C)S(=O)(=O)c1ccccc1CNCc1cccc(OCCCC#N)c1. The van der Waals surface area contributed by atoms with Crippen molar-refractivity contribution in [2.45, 2.75) is 30.8 Å². The first kappa shape index (κ1) is 20.9. The van der Waals surface area contributed by atoms with Crippen molar-refractivity contribution in [3.05, 3.63) is 59.7 Å². The van der Waals surface area contributed by atoms with Gasteiger partial charge in [0.15, 0.2) is 0 Å². The number of nitrogens with zero attached hydrogens (tertiary/aromatic N) is 2. The van der Waals surface area contributed by atoms with Gasteiger partial charge >= 0.3 is 0 Å². The normalized spacial score (nSPS) is 11.3. The molecule has 6 nitrogen and oxygen atoms in total. The lowest BCUT2D eigenvalue weighted by atomic mass is 10.2. The lowest BCUT2D eigenvalue weighted by molar-refractivity contribution is 0.312. The van der Waals surface area contributed by atoms with Gasteiger partial charge in [-0.25, -0.2) is 12.7 Å². The zero-order valence-electron chi connectivity index (χ0n) is 15.7. The minimum absolute atomic E-state index is 0.317. The maximum atomic E-state index is 12.4. The number of nitriles is 1. The van der Waals surface area contributed by atoms with Gasteiger partial charge in [-0.15, -0.1) is 0 Å². The number of hydrogen-bond acceptors (Lipinski definition) is 5. The minimum Gasteiger partial charge on any atom is -0.494 e. The lowest BCUT2D eigenvalue weighted by Crippen LogP contribution is -2.24. The summed E-state index contributed by atoms with van der Waals surface area (Å²) < 4.78 is 31.7. The number of rotatable bonds is 10. The Morgan fingerprint density at radius 2 is 1.89 bits per heavy atom. The van der Waals surface area contributed by atoms with Crippen molar-refractivity contribution in [1.29, 1.82) is 5.26 Å². The van der Waals surface area contributed by atoms with Crippen LogP contribution in [0.25, 0.3) is 0 Å². The van der Waals surface area contributed by atoms with Gasteiger partial charge in [0, 0.05) is 33.6 Å². The number of nitrogens with one attached hydrogen (secondary N) is 1. The van der Waals surface area contributed by atoms with Gasteiger partial charge in [0.2, 0.25) is 10.0 Å². The molecule has 0 fully saturated rings. The third-order valence-corrected chi connectivity index (χ3v) is 5.89. The van der Waals surface area contributed by atoms with Crippen LogP contribution in [-0.4, -0.2) is 33.4 Å². The number of unbranched alkanes of at least 4 members (excludes halogenated alkanes) is 1. The zero-order chi connectivity index (χ0) is 19.7. The number of hydrogen-bond donors (Lipinski definition) is 1. The molecule has 27 heavy (non-hydrogen) atoms. The van der Waals surface area contributed by atoms with E-state index in [0.717, 1.165) is 16.9 Å². The van der Waals surface area contributed by atoms with Crippen LogP contribution in [0.1, 0.15) is 24.0 Å². The van der Waals surface area contributed by atoms with E-state index in [1.165, 1.54) is 18.4 Å². The summed E-state index contributed by atoms with van der Waals surface area (Å²) in [6, 6.07) is 16.8. The Morgan fingerprint density at radius 1 is 1.11 bits per heavy atom. The van der Waals surface area contributed by atoms with Gasteiger partial charge in [0.1, 0.15) is 5.75 Å². The first-order valence-corrected chi connectivity index (χ1v) is 10.2. The predicted octanol–water partition coefficient (Wildman–Crippen LogP) is 2.91. The van der Waals surface area contributed by atoms with Crippen LogP contribution >= 0.6 is 0 Å². The molecule has 0 aliphatic carbocycles. The van der Waals surface area contributed by atoms with E-state index >= 15 is 0 Å². The molecule has 0 aliphatic rings. The second kappa shape index (κ2) is 10.1. The zero-order valence-corrected chi connectivity index (χ0v) is 16.5. The Labute approximate surface area is 161 Å². The molecule has 0 heterocycles. The van der Waals surface area contributed by atoms with Gasteiger partial charge in [-0.05, 0) is 35.7 Å². The van der Waals surface area contributed by atoms with Crippen molar-refractivity contribution in [3.63, 3.8) is 0 Å². The lowest BCUT2D eigenvalue weighted by Gasteiger charge is -2.15. The highest BCUT2D eigenvalue weighted by atomic mass is 32.2. The molecule has 0 amide bonds. The average Bonchev–Trinajstić information content (AvgIpc) is 2.66. The fraction of sp³-hybridized carbons (Fsp3) is 0.350. The third-order valence-electron chi connectivity index (χ3n) is 3.98. The molecule has 2 aromatic carbocycles. The van der Waals surface area contributed by atoms with Gasteiger partial charge in [-0.3, -0.25) is 0 Å².